The predicted molar refractivity (Wildman–Crippen MR) is 123 cm³/mol. The third kappa shape index (κ3) is 4.78. The molecule has 0 saturated carbocycles. The maximum absolute atomic E-state index is 12.7. The highest BCUT2D eigenvalue weighted by molar-refractivity contribution is 7.80. The number of hydrogen-bond donors (Lipinski definition) is 2. The number of thiocarbonyl (C=S) groups is 1. The Labute approximate surface area is 180 Å². The van der Waals surface area contributed by atoms with Crippen LogP contribution < -0.4 is 10.9 Å². The summed E-state index contributed by atoms with van der Waals surface area (Å²) in [5, 5.41) is 4.81. The van der Waals surface area contributed by atoms with Crippen LogP contribution in [0.3, 0.4) is 0 Å². The summed E-state index contributed by atoms with van der Waals surface area (Å²) in [6.45, 7) is 3.50. The monoisotopic (exact) mass is 417 g/mol. The molecule has 6 heteroatoms. The Hall–Kier alpha value is -3.38. The van der Waals surface area contributed by atoms with E-state index in [4.69, 9.17) is 16.6 Å². The molecule has 0 aliphatic carbocycles. The first-order chi connectivity index (χ1) is 14.6. The summed E-state index contributed by atoms with van der Waals surface area (Å²) in [6, 6.07) is 21.8. The summed E-state index contributed by atoms with van der Waals surface area (Å²) in [5.41, 5.74) is 3.65. The minimum Gasteiger partial charge on any atom is -0.467 e. The molecule has 0 spiro atoms. The Bertz CT molecular complexity index is 1200. The SMILES string of the molecule is Cc1ccc2cc(CN(Cc3ccccc3)C(=S)NCc3ccco3)c(=O)[nH]c2c1. The molecule has 0 fully saturated rings. The van der Waals surface area contributed by atoms with Gasteiger partial charge in [0.1, 0.15) is 5.76 Å². The summed E-state index contributed by atoms with van der Waals surface area (Å²) < 4.78 is 5.38. The van der Waals surface area contributed by atoms with Crippen molar-refractivity contribution in [1.29, 1.82) is 0 Å². The number of aromatic amines is 1. The topological polar surface area (TPSA) is 61.3 Å². The zero-order chi connectivity index (χ0) is 20.9. The molecule has 0 aliphatic rings. The van der Waals surface area contributed by atoms with Crippen LogP contribution in [-0.2, 0) is 19.6 Å². The maximum atomic E-state index is 12.7. The molecule has 4 aromatic rings. The van der Waals surface area contributed by atoms with E-state index in [-0.39, 0.29) is 5.56 Å². The first-order valence-corrected chi connectivity index (χ1v) is 10.2. The second-order valence-electron chi connectivity index (χ2n) is 7.29. The van der Waals surface area contributed by atoms with Gasteiger partial charge in [0.15, 0.2) is 5.11 Å². The van der Waals surface area contributed by atoms with Gasteiger partial charge in [0.05, 0.1) is 19.4 Å². The number of benzene rings is 2. The number of pyridine rings is 1. The Kier molecular flexibility index (Phi) is 5.95. The van der Waals surface area contributed by atoms with Gasteiger partial charge in [-0.1, -0.05) is 42.5 Å². The average Bonchev–Trinajstić information content (AvgIpc) is 3.26. The lowest BCUT2D eigenvalue weighted by atomic mass is 10.1. The van der Waals surface area contributed by atoms with E-state index in [1.165, 1.54) is 0 Å². The number of hydrogen-bond acceptors (Lipinski definition) is 3. The van der Waals surface area contributed by atoms with Gasteiger partial charge in [-0.15, -0.1) is 0 Å². The van der Waals surface area contributed by atoms with Gasteiger partial charge in [0, 0.05) is 17.6 Å². The zero-order valence-corrected chi connectivity index (χ0v) is 17.5. The molecule has 2 aromatic carbocycles. The molecule has 30 heavy (non-hydrogen) atoms. The fourth-order valence-corrected chi connectivity index (χ4v) is 3.58. The summed E-state index contributed by atoms with van der Waals surface area (Å²) in [5.74, 6) is 0.802. The number of aromatic nitrogens is 1. The zero-order valence-electron chi connectivity index (χ0n) is 16.7. The van der Waals surface area contributed by atoms with Crippen LogP contribution in [0.15, 0.2) is 82.2 Å². The van der Waals surface area contributed by atoms with E-state index in [1.54, 1.807) is 6.26 Å². The standard InChI is InChI=1S/C24H23N3O2S/c1-17-9-10-19-13-20(23(28)26-22(19)12-17)16-27(15-18-6-3-2-4-7-18)24(30)25-14-21-8-5-11-29-21/h2-13H,14-16H2,1H3,(H,25,30)(H,26,28). The van der Waals surface area contributed by atoms with Crippen molar-refractivity contribution in [1.82, 2.24) is 15.2 Å². The molecule has 4 rings (SSSR count). The highest BCUT2D eigenvalue weighted by Gasteiger charge is 2.14. The highest BCUT2D eigenvalue weighted by Crippen LogP contribution is 2.15. The van der Waals surface area contributed by atoms with Gasteiger partial charge >= 0.3 is 0 Å². The van der Waals surface area contributed by atoms with E-state index in [1.807, 2.05) is 66.4 Å². The van der Waals surface area contributed by atoms with E-state index in [2.05, 4.69) is 22.4 Å². The van der Waals surface area contributed by atoms with Crippen LogP contribution in [0.25, 0.3) is 10.9 Å². The highest BCUT2D eigenvalue weighted by atomic mass is 32.1. The summed E-state index contributed by atoms with van der Waals surface area (Å²) in [7, 11) is 0. The molecule has 2 heterocycles. The van der Waals surface area contributed by atoms with E-state index < -0.39 is 0 Å². The largest absolute Gasteiger partial charge is 0.467 e. The van der Waals surface area contributed by atoms with Crippen LogP contribution in [0.4, 0.5) is 0 Å². The number of rotatable bonds is 6. The third-order valence-electron chi connectivity index (χ3n) is 4.94. The Morgan fingerprint density at radius 1 is 1.07 bits per heavy atom. The van der Waals surface area contributed by atoms with Gasteiger partial charge in [-0.25, -0.2) is 0 Å². The molecule has 0 saturated heterocycles. The molecule has 0 unspecified atom stereocenters. The number of nitrogens with zero attached hydrogens (tertiary/aromatic N) is 1. The van der Waals surface area contributed by atoms with Crippen molar-refractivity contribution in [2.75, 3.05) is 0 Å². The first-order valence-electron chi connectivity index (χ1n) is 9.80. The van der Waals surface area contributed by atoms with Crippen LogP contribution in [0, 0.1) is 6.92 Å². The number of fused-ring (bicyclic) bond motifs is 1. The van der Waals surface area contributed by atoms with Crippen molar-refractivity contribution in [2.45, 2.75) is 26.6 Å². The van der Waals surface area contributed by atoms with Crippen molar-refractivity contribution in [3.63, 3.8) is 0 Å². The number of furan rings is 1. The van der Waals surface area contributed by atoms with Crippen molar-refractivity contribution in [2.24, 2.45) is 0 Å². The predicted octanol–water partition coefficient (Wildman–Crippen LogP) is 4.51. The summed E-state index contributed by atoms with van der Waals surface area (Å²) in [6.07, 6.45) is 1.64. The van der Waals surface area contributed by atoms with Gasteiger partial charge in [-0.05, 0) is 59.9 Å². The Balaban J connectivity index is 1.59. The quantitative estimate of drug-likeness (QED) is 0.452. The molecular formula is C24H23N3O2S. The normalized spacial score (nSPS) is 10.8. The van der Waals surface area contributed by atoms with E-state index in [0.29, 0.717) is 30.3 Å². The minimum atomic E-state index is -0.0972. The molecule has 0 amide bonds. The number of nitrogens with one attached hydrogen (secondary N) is 2. The molecular weight excluding hydrogens is 394 g/mol. The van der Waals surface area contributed by atoms with E-state index in [9.17, 15) is 4.79 Å². The van der Waals surface area contributed by atoms with Crippen LogP contribution in [-0.4, -0.2) is 15.0 Å². The van der Waals surface area contributed by atoms with E-state index >= 15 is 0 Å². The smallest absolute Gasteiger partial charge is 0.253 e. The average molecular weight is 418 g/mol. The number of H-pyrrole nitrogens is 1. The summed E-state index contributed by atoms with van der Waals surface area (Å²) in [4.78, 5) is 17.7. The maximum Gasteiger partial charge on any atom is 0.253 e. The van der Waals surface area contributed by atoms with Gasteiger partial charge in [-0.2, -0.15) is 0 Å². The lowest BCUT2D eigenvalue weighted by Gasteiger charge is -2.26. The molecule has 0 atom stereocenters. The third-order valence-corrected chi connectivity index (χ3v) is 5.34. The number of aryl methyl sites for hydroxylation is 1. The lowest BCUT2D eigenvalue weighted by molar-refractivity contribution is 0.393. The van der Waals surface area contributed by atoms with Crippen molar-refractivity contribution in [3.05, 3.63) is 106 Å². The fraction of sp³-hybridized carbons (Fsp3) is 0.167. The van der Waals surface area contributed by atoms with Crippen LogP contribution in [0.1, 0.15) is 22.5 Å². The molecule has 0 aliphatic heterocycles. The van der Waals surface area contributed by atoms with Gasteiger partial charge < -0.3 is 19.6 Å². The fourth-order valence-electron chi connectivity index (χ4n) is 3.37. The molecule has 2 aromatic heterocycles. The van der Waals surface area contributed by atoms with Crippen molar-refractivity contribution < 1.29 is 4.42 Å². The molecule has 152 valence electrons. The Morgan fingerprint density at radius 2 is 1.90 bits per heavy atom. The van der Waals surface area contributed by atoms with Crippen LogP contribution in [0.5, 0.6) is 0 Å². The molecule has 5 nitrogen and oxygen atoms in total. The van der Waals surface area contributed by atoms with Crippen molar-refractivity contribution in [3.8, 4) is 0 Å². The molecule has 0 bridgehead atoms. The first kappa shape index (κ1) is 19.9. The summed E-state index contributed by atoms with van der Waals surface area (Å²) >= 11 is 5.66. The van der Waals surface area contributed by atoms with Crippen molar-refractivity contribution >= 4 is 28.2 Å². The van der Waals surface area contributed by atoms with Crippen LogP contribution in [0.2, 0.25) is 0 Å². The second-order valence-corrected chi connectivity index (χ2v) is 7.68. The van der Waals surface area contributed by atoms with Gasteiger partial charge in [0.2, 0.25) is 0 Å². The minimum absolute atomic E-state index is 0.0972. The second kappa shape index (κ2) is 8.97. The Morgan fingerprint density at radius 3 is 2.67 bits per heavy atom. The van der Waals surface area contributed by atoms with Gasteiger partial charge in [-0.3, -0.25) is 4.79 Å². The molecule has 0 radical (unpaired) electrons. The lowest BCUT2D eigenvalue weighted by Crippen LogP contribution is -2.39. The van der Waals surface area contributed by atoms with E-state index in [0.717, 1.165) is 27.8 Å². The molecule has 2 N–H and O–H groups in total. The van der Waals surface area contributed by atoms with Gasteiger partial charge in [0.25, 0.3) is 5.56 Å². The van der Waals surface area contributed by atoms with Crippen LogP contribution >= 0.6 is 12.2 Å².